The second-order valence-electron chi connectivity index (χ2n) is 3.25. The smallest absolute Gasteiger partial charge is 1.00 e. The van der Waals surface area contributed by atoms with Crippen LogP contribution < -0.4 is 34.2 Å². The molecular weight excluding hydrogens is 355 g/mol. The van der Waals surface area contributed by atoms with Crippen LogP contribution in [0.25, 0.3) is 0 Å². The van der Waals surface area contributed by atoms with Gasteiger partial charge in [-0.25, -0.2) is 0 Å². The van der Waals surface area contributed by atoms with Crippen molar-refractivity contribution >= 4 is 5.71 Å². The maximum absolute atomic E-state index is 8.77. The van der Waals surface area contributed by atoms with Crippen LogP contribution in [0.15, 0.2) is 16.8 Å². The van der Waals surface area contributed by atoms with Crippen molar-refractivity contribution in [2.45, 2.75) is 27.7 Å². The first-order valence-electron chi connectivity index (χ1n) is 5.72. The molecule has 0 aromatic carbocycles. The number of aliphatic imine (C=N–C) groups is 1. The maximum atomic E-state index is 8.77. The van der Waals surface area contributed by atoms with E-state index in [9.17, 15) is 0 Å². The van der Waals surface area contributed by atoms with Gasteiger partial charge in [0, 0.05) is 25.3 Å². The van der Waals surface area contributed by atoms with Gasteiger partial charge in [-0.3, -0.25) is 4.99 Å². The topological polar surface area (TPSA) is 111 Å². The Hall–Kier alpha value is 0.0765. The molecule has 0 aromatic heterocycles. The molecule has 0 aliphatic carbocycles. The van der Waals surface area contributed by atoms with Crippen LogP contribution in [-0.2, 0) is 16.8 Å². The van der Waals surface area contributed by atoms with Crippen molar-refractivity contribution in [3.8, 4) is 0 Å². The molecule has 0 saturated carbocycles. The van der Waals surface area contributed by atoms with Gasteiger partial charge in [0.2, 0.25) is 0 Å². The standard InChI is InChI=1S/C7H14N2O.C3H7.C2H8N2.BrH.Co/c1-6(5-7(2)10)9-4-3-8;1-3-2;3-1-2-4;;/h5,10H,3-4,8H2,1-2H3;3H,1-2H3;1-4H2;1H;/q;-1;;;+2/p-1/b7-5-,9-6?;;;;. The zero-order valence-electron chi connectivity index (χ0n) is 12.3. The summed E-state index contributed by atoms with van der Waals surface area (Å²) >= 11 is 0. The molecule has 7 heteroatoms. The molecule has 7 N–H and O–H groups in total. The quantitative estimate of drug-likeness (QED) is 0.255. The molecule has 1 radical (unpaired) electrons. The van der Waals surface area contributed by atoms with E-state index in [0.29, 0.717) is 26.2 Å². The van der Waals surface area contributed by atoms with Crippen LogP contribution in [0.2, 0.25) is 0 Å². The van der Waals surface area contributed by atoms with Gasteiger partial charge in [0.25, 0.3) is 0 Å². The fourth-order valence-electron chi connectivity index (χ4n) is 0.589. The minimum atomic E-state index is 0. The molecule has 0 atom stereocenters. The summed E-state index contributed by atoms with van der Waals surface area (Å²) in [5.74, 6) is 0.276. The van der Waals surface area contributed by atoms with Crippen molar-refractivity contribution < 1.29 is 38.9 Å². The predicted octanol–water partition coefficient (Wildman–Crippen LogP) is -2.00. The maximum Gasteiger partial charge on any atom is 2.00 e. The monoisotopic (exact) mass is 383 g/mol. The summed E-state index contributed by atoms with van der Waals surface area (Å²) in [6.07, 6.45) is 3.61. The molecule has 0 aliphatic rings. The molecule has 0 rings (SSSR count). The number of hydrogen-bond donors (Lipinski definition) is 4. The third-order valence-corrected chi connectivity index (χ3v) is 1.07. The Morgan fingerprint density at radius 3 is 1.68 bits per heavy atom. The molecule has 119 valence electrons. The first-order valence-corrected chi connectivity index (χ1v) is 5.72. The van der Waals surface area contributed by atoms with Crippen molar-refractivity contribution in [2.75, 3.05) is 26.2 Å². The van der Waals surface area contributed by atoms with Gasteiger partial charge in [0.15, 0.2) is 0 Å². The summed E-state index contributed by atoms with van der Waals surface area (Å²) in [4.78, 5) is 4.04. The molecule has 5 nitrogen and oxygen atoms in total. The Kier molecular flexibility index (Phi) is 51.0. The number of allylic oxidation sites excluding steroid dienone is 2. The van der Waals surface area contributed by atoms with Gasteiger partial charge in [-0.2, -0.15) is 13.8 Å². The van der Waals surface area contributed by atoms with E-state index >= 15 is 0 Å². The fourth-order valence-corrected chi connectivity index (χ4v) is 0.589. The summed E-state index contributed by atoms with van der Waals surface area (Å²) in [5, 5.41) is 8.77. The number of rotatable bonds is 4. The molecule has 0 unspecified atom stereocenters. The summed E-state index contributed by atoms with van der Waals surface area (Å²) in [7, 11) is 0. The summed E-state index contributed by atoms with van der Waals surface area (Å²) in [5.41, 5.74) is 15.8. The Balaban J connectivity index is -0.0000000618. The van der Waals surface area contributed by atoms with Gasteiger partial charge in [0.1, 0.15) is 0 Å². The molecule has 0 amide bonds. The number of hydrogen-bond acceptors (Lipinski definition) is 5. The molecule has 19 heavy (non-hydrogen) atoms. The summed E-state index contributed by atoms with van der Waals surface area (Å²) in [6.45, 7) is 9.81. The zero-order chi connectivity index (χ0) is 14.1. The summed E-state index contributed by atoms with van der Waals surface area (Å²) in [6, 6.07) is 0. The van der Waals surface area contributed by atoms with Crippen LogP contribution in [0.1, 0.15) is 27.7 Å². The van der Waals surface area contributed by atoms with Crippen molar-refractivity contribution in [2.24, 2.45) is 22.2 Å². The first-order chi connectivity index (χ1) is 7.99. The van der Waals surface area contributed by atoms with Crippen molar-refractivity contribution in [3.05, 3.63) is 18.3 Å². The average molecular weight is 384 g/mol. The van der Waals surface area contributed by atoms with E-state index in [1.807, 2.05) is 27.2 Å². The Morgan fingerprint density at radius 1 is 1.11 bits per heavy atom. The second kappa shape index (κ2) is 30.8. The number of halogens is 1. The van der Waals surface area contributed by atoms with Crippen LogP contribution in [0.5, 0.6) is 0 Å². The normalized spacial score (nSPS) is 9.84. The van der Waals surface area contributed by atoms with Crippen LogP contribution in [0, 0.1) is 6.42 Å². The Morgan fingerprint density at radius 2 is 1.47 bits per heavy atom. The van der Waals surface area contributed by atoms with Crippen molar-refractivity contribution in [3.63, 3.8) is 0 Å². The molecule has 0 fully saturated rings. The van der Waals surface area contributed by atoms with Gasteiger partial charge in [0.05, 0.1) is 12.3 Å². The number of aliphatic hydroxyl groups excluding tert-OH is 1. The van der Waals surface area contributed by atoms with Crippen LogP contribution >= 0.6 is 0 Å². The van der Waals surface area contributed by atoms with Gasteiger partial charge in [-0.1, -0.05) is 0 Å². The average Bonchev–Trinajstić information content (AvgIpc) is 2.27. The van der Waals surface area contributed by atoms with Crippen molar-refractivity contribution in [1.82, 2.24) is 0 Å². The third kappa shape index (κ3) is 56.7. The minimum Gasteiger partial charge on any atom is -1.00 e. The molecule has 0 saturated heterocycles. The van der Waals surface area contributed by atoms with Gasteiger partial charge >= 0.3 is 16.8 Å². The van der Waals surface area contributed by atoms with Gasteiger partial charge < -0.3 is 45.7 Å². The number of nitrogens with zero attached hydrogens (tertiary/aromatic N) is 1. The predicted molar refractivity (Wildman–Crippen MR) is 77.2 cm³/mol. The van der Waals surface area contributed by atoms with Crippen LogP contribution in [0.3, 0.4) is 0 Å². The second-order valence-corrected chi connectivity index (χ2v) is 3.25. The molecular formula is C12H29BrCoN4O. The Labute approximate surface area is 139 Å². The SMILES string of the molecule is CC(/C=C(/C)O)=NCCN.C[CH-]C.NCCN.[Br-].[Co+2]. The van der Waals surface area contributed by atoms with E-state index in [0.717, 1.165) is 5.71 Å². The Bertz CT molecular complexity index is 196. The minimum absolute atomic E-state index is 0. The van der Waals surface area contributed by atoms with Crippen LogP contribution in [0.4, 0.5) is 0 Å². The number of nitrogens with two attached hydrogens (primary N) is 3. The first kappa shape index (κ1) is 31.5. The summed E-state index contributed by atoms with van der Waals surface area (Å²) < 4.78 is 0. The number of aliphatic hydroxyl groups is 1. The molecule has 0 heterocycles. The molecule has 0 bridgehead atoms. The molecule has 0 aromatic rings. The zero-order valence-corrected chi connectivity index (χ0v) is 14.9. The van der Waals surface area contributed by atoms with E-state index in [2.05, 4.69) is 4.99 Å². The van der Waals surface area contributed by atoms with E-state index in [1.54, 1.807) is 13.0 Å². The van der Waals surface area contributed by atoms with Crippen molar-refractivity contribution in [1.29, 1.82) is 0 Å². The van der Waals surface area contributed by atoms with E-state index in [4.69, 9.17) is 22.3 Å². The van der Waals surface area contributed by atoms with Crippen LogP contribution in [-0.4, -0.2) is 37.0 Å². The third-order valence-electron chi connectivity index (χ3n) is 1.07. The van der Waals surface area contributed by atoms with Gasteiger partial charge in [-0.15, -0.1) is 0 Å². The fraction of sp³-hybridized carbons (Fsp3) is 0.667. The largest absolute Gasteiger partial charge is 2.00 e. The van der Waals surface area contributed by atoms with E-state index in [1.165, 1.54) is 0 Å². The van der Waals surface area contributed by atoms with Gasteiger partial charge in [-0.05, 0) is 19.9 Å². The van der Waals surface area contributed by atoms with E-state index in [-0.39, 0.29) is 39.5 Å². The van der Waals surface area contributed by atoms with E-state index < -0.39 is 0 Å². The molecule has 0 aliphatic heterocycles. The molecule has 0 spiro atoms.